The summed E-state index contributed by atoms with van der Waals surface area (Å²) in [5.41, 5.74) is 7.34. The summed E-state index contributed by atoms with van der Waals surface area (Å²) < 4.78 is 7.12. The van der Waals surface area contributed by atoms with Gasteiger partial charge in [0.1, 0.15) is 6.54 Å². The predicted octanol–water partition coefficient (Wildman–Crippen LogP) is 1.64. The first-order chi connectivity index (χ1) is 8.22. The van der Waals surface area contributed by atoms with Gasteiger partial charge in [-0.3, -0.25) is 0 Å². The van der Waals surface area contributed by atoms with Crippen molar-refractivity contribution in [2.75, 3.05) is 0 Å². The van der Waals surface area contributed by atoms with Gasteiger partial charge in [0.05, 0.1) is 0 Å². The molecule has 1 aliphatic rings. The molecule has 0 spiro atoms. The van der Waals surface area contributed by atoms with Crippen molar-refractivity contribution >= 4 is 0 Å². The normalized spacial score (nSPS) is 17.3. The number of aryl methyl sites for hydroxylation is 1. The molecular weight excluding hydrogens is 216 g/mol. The molecule has 5 nitrogen and oxygen atoms in total. The second-order valence-corrected chi connectivity index (χ2v) is 4.72. The van der Waals surface area contributed by atoms with E-state index in [1.54, 1.807) is 0 Å². The highest BCUT2D eigenvalue weighted by molar-refractivity contribution is 5.18. The third kappa shape index (κ3) is 2.24. The first kappa shape index (κ1) is 10.5. The van der Waals surface area contributed by atoms with E-state index in [9.17, 15) is 0 Å². The topological polar surface area (TPSA) is 69.9 Å². The summed E-state index contributed by atoms with van der Waals surface area (Å²) in [5, 5.41) is 3.77. The molecule has 0 amide bonds. The number of rotatable bonds is 4. The minimum Gasteiger partial charge on any atom is -0.345 e. The maximum Gasteiger partial charge on any atom is 0.246 e. The van der Waals surface area contributed by atoms with Gasteiger partial charge in [0, 0.05) is 18.4 Å². The third-order valence-corrected chi connectivity index (χ3v) is 3.18. The lowest BCUT2D eigenvalue weighted by Crippen LogP contribution is -2.11. The molecule has 0 bridgehead atoms. The Bertz CT molecular complexity index is 512. The summed E-state index contributed by atoms with van der Waals surface area (Å²) in [5.74, 6) is 1.98. The van der Waals surface area contributed by atoms with Gasteiger partial charge in [-0.05, 0) is 37.3 Å². The molecule has 1 aliphatic carbocycles. The standard InChI is InChI=1S/C12H16N4O/c1-8-14-11(17-15-8)7-16-5-4-10(6-16)12(13)9-2-3-9/h4-6,9,12H,2-3,7,13H2,1H3. The van der Waals surface area contributed by atoms with Crippen molar-refractivity contribution in [3.05, 3.63) is 35.7 Å². The van der Waals surface area contributed by atoms with Crippen molar-refractivity contribution in [2.45, 2.75) is 32.4 Å². The van der Waals surface area contributed by atoms with E-state index in [4.69, 9.17) is 10.3 Å². The van der Waals surface area contributed by atoms with Gasteiger partial charge in [-0.15, -0.1) is 0 Å². The minimum absolute atomic E-state index is 0.181. The van der Waals surface area contributed by atoms with Crippen LogP contribution in [0, 0.1) is 12.8 Å². The fourth-order valence-corrected chi connectivity index (χ4v) is 2.04. The molecule has 17 heavy (non-hydrogen) atoms. The average molecular weight is 232 g/mol. The molecule has 1 atom stereocenters. The molecule has 3 rings (SSSR count). The molecule has 2 aromatic heterocycles. The molecular formula is C12H16N4O. The smallest absolute Gasteiger partial charge is 0.246 e. The fraction of sp³-hybridized carbons (Fsp3) is 0.500. The Morgan fingerprint density at radius 3 is 3.06 bits per heavy atom. The molecule has 0 aliphatic heterocycles. The van der Waals surface area contributed by atoms with E-state index in [0.29, 0.717) is 24.2 Å². The third-order valence-electron chi connectivity index (χ3n) is 3.18. The molecule has 0 aromatic carbocycles. The van der Waals surface area contributed by atoms with Crippen molar-refractivity contribution in [3.8, 4) is 0 Å². The van der Waals surface area contributed by atoms with Crippen LogP contribution in [0.25, 0.3) is 0 Å². The zero-order valence-electron chi connectivity index (χ0n) is 9.84. The summed E-state index contributed by atoms with van der Waals surface area (Å²) in [4.78, 5) is 4.18. The zero-order chi connectivity index (χ0) is 11.8. The molecule has 1 unspecified atom stereocenters. The van der Waals surface area contributed by atoms with Crippen LogP contribution >= 0.6 is 0 Å². The zero-order valence-corrected chi connectivity index (χ0v) is 9.84. The Morgan fingerprint density at radius 1 is 1.59 bits per heavy atom. The van der Waals surface area contributed by atoms with Crippen LogP contribution in [0.2, 0.25) is 0 Å². The summed E-state index contributed by atoms with van der Waals surface area (Å²) >= 11 is 0. The SMILES string of the molecule is Cc1noc(Cn2ccc(C(N)C3CC3)c2)n1. The molecule has 1 fully saturated rings. The van der Waals surface area contributed by atoms with Crippen LogP contribution in [0.4, 0.5) is 0 Å². The number of nitrogens with zero attached hydrogens (tertiary/aromatic N) is 3. The largest absolute Gasteiger partial charge is 0.345 e. The van der Waals surface area contributed by atoms with E-state index in [-0.39, 0.29) is 6.04 Å². The number of hydrogen-bond donors (Lipinski definition) is 1. The van der Waals surface area contributed by atoms with E-state index < -0.39 is 0 Å². The average Bonchev–Trinajstić information content (AvgIpc) is 2.93. The maximum absolute atomic E-state index is 6.15. The van der Waals surface area contributed by atoms with Crippen LogP contribution in [-0.4, -0.2) is 14.7 Å². The maximum atomic E-state index is 6.15. The van der Waals surface area contributed by atoms with Crippen LogP contribution in [0.5, 0.6) is 0 Å². The number of aromatic nitrogens is 3. The Labute approximate surface area is 99.6 Å². The van der Waals surface area contributed by atoms with Crippen LogP contribution in [-0.2, 0) is 6.54 Å². The van der Waals surface area contributed by atoms with E-state index in [2.05, 4.69) is 22.4 Å². The van der Waals surface area contributed by atoms with Crippen LogP contribution in [0.15, 0.2) is 23.0 Å². The van der Waals surface area contributed by atoms with Gasteiger partial charge in [-0.25, -0.2) is 0 Å². The molecule has 1 saturated carbocycles. The number of hydrogen-bond acceptors (Lipinski definition) is 4. The van der Waals surface area contributed by atoms with Crippen molar-refractivity contribution in [1.82, 2.24) is 14.7 Å². The lowest BCUT2D eigenvalue weighted by Gasteiger charge is -2.06. The quantitative estimate of drug-likeness (QED) is 0.870. The molecule has 90 valence electrons. The highest BCUT2D eigenvalue weighted by atomic mass is 16.5. The molecule has 2 N–H and O–H groups in total. The highest BCUT2D eigenvalue weighted by Gasteiger charge is 2.29. The second kappa shape index (κ2) is 4.00. The Kier molecular flexibility index (Phi) is 2.48. The van der Waals surface area contributed by atoms with Gasteiger partial charge in [0.2, 0.25) is 5.89 Å². The summed E-state index contributed by atoms with van der Waals surface area (Å²) in [7, 11) is 0. The van der Waals surface area contributed by atoms with E-state index in [1.807, 2.05) is 17.7 Å². The van der Waals surface area contributed by atoms with Crippen molar-refractivity contribution in [3.63, 3.8) is 0 Å². The van der Waals surface area contributed by atoms with Crippen LogP contribution in [0.1, 0.15) is 36.2 Å². The molecule has 2 heterocycles. The van der Waals surface area contributed by atoms with E-state index in [1.165, 1.54) is 18.4 Å². The first-order valence-corrected chi connectivity index (χ1v) is 5.93. The van der Waals surface area contributed by atoms with Gasteiger partial charge >= 0.3 is 0 Å². The monoisotopic (exact) mass is 232 g/mol. The van der Waals surface area contributed by atoms with Crippen molar-refractivity contribution in [1.29, 1.82) is 0 Å². The number of nitrogens with two attached hydrogens (primary N) is 1. The van der Waals surface area contributed by atoms with Gasteiger partial charge in [-0.1, -0.05) is 5.16 Å². The second-order valence-electron chi connectivity index (χ2n) is 4.72. The van der Waals surface area contributed by atoms with Crippen LogP contribution < -0.4 is 5.73 Å². The summed E-state index contributed by atoms with van der Waals surface area (Å²) in [6.45, 7) is 2.43. The van der Waals surface area contributed by atoms with Gasteiger partial charge < -0.3 is 14.8 Å². The molecule has 0 radical (unpaired) electrons. The van der Waals surface area contributed by atoms with Crippen LogP contribution in [0.3, 0.4) is 0 Å². The van der Waals surface area contributed by atoms with Gasteiger partial charge in [0.15, 0.2) is 5.82 Å². The van der Waals surface area contributed by atoms with Gasteiger partial charge in [0.25, 0.3) is 0 Å². The Balaban J connectivity index is 1.71. The lowest BCUT2D eigenvalue weighted by atomic mass is 10.1. The predicted molar refractivity (Wildman–Crippen MR) is 62.2 cm³/mol. The van der Waals surface area contributed by atoms with E-state index >= 15 is 0 Å². The van der Waals surface area contributed by atoms with Crippen molar-refractivity contribution in [2.24, 2.45) is 11.7 Å². The van der Waals surface area contributed by atoms with Gasteiger partial charge in [-0.2, -0.15) is 4.98 Å². The van der Waals surface area contributed by atoms with Crippen molar-refractivity contribution < 1.29 is 4.52 Å². The highest BCUT2D eigenvalue weighted by Crippen LogP contribution is 2.39. The Hall–Kier alpha value is -1.62. The minimum atomic E-state index is 0.181. The lowest BCUT2D eigenvalue weighted by molar-refractivity contribution is 0.368. The fourth-order valence-electron chi connectivity index (χ4n) is 2.04. The molecule has 2 aromatic rings. The first-order valence-electron chi connectivity index (χ1n) is 5.93. The summed E-state index contributed by atoms with van der Waals surface area (Å²) in [6.07, 6.45) is 6.60. The van der Waals surface area contributed by atoms with E-state index in [0.717, 1.165) is 0 Å². The summed E-state index contributed by atoms with van der Waals surface area (Å²) in [6, 6.07) is 2.26. The molecule has 5 heteroatoms. The molecule has 0 saturated heterocycles. The Morgan fingerprint density at radius 2 is 2.41 bits per heavy atom.